The lowest BCUT2D eigenvalue weighted by Crippen LogP contribution is -2.42. The maximum absolute atomic E-state index is 13.6. The number of hydrogen-bond donors (Lipinski definition) is 0. The fraction of sp³-hybridized carbons (Fsp3) is 0.385. The Hall–Kier alpha value is -2.68. The first-order chi connectivity index (χ1) is 14.2. The Morgan fingerprint density at radius 2 is 1.62 bits per heavy atom. The number of benzene rings is 2. The molecule has 0 spiro atoms. The molecule has 2 amide bonds. The van der Waals surface area contributed by atoms with Gasteiger partial charge in [-0.05, 0) is 45.9 Å². The molecule has 29 heavy (non-hydrogen) atoms. The van der Waals surface area contributed by atoms with Crippen LogP contribution in [-0.4, -0.2) is 22.8 Å². The fourth-order valence-corrected chi connectivity index (χ4v) is 6.93. The molecule has 8 rings (SSSR count). The summed E-state index contributed by atoms with van der Waals surface area (Å²) in [7, 11) is 0. The van der Waals surface area contributed by atoms with Gasteiger partial charge < -0.3 is 0 Å². The lowest BCUT2D eigenvalue weighted by Gasteiger charge is -2.41. The van der Waals surface area contributed by atoms with E-state index in [4.69, 9.17) is 0 Å². The summed E-state index contributed by atoms with van der Waals surface area (Å²) in [5, 5.41) is 2.56. The Bertz CT molecular complexity index is 1170. The van der Waals surface area contributed by atoms with E-state index >= 15 is 0 Å². The molecule has 3 heteroatoms. The summed E-state index contributed by atoms with van der Waals surface area (Å²) in [6.07, 6.45) is 14.3. The molecule has 0 N–H and O–H groups in total. The van der Waals surface area contributed by atoms with Crippen molar-refractivity contribution < 1.29 is 9.59 Å². The number of hydrogen-bond acceptors (Lipinski definition) is 2. The normalized spacial score (nSPS) is 31.8. The molecule has 1 heterocycles. The van der Waals surface area contributed by atoms with Gasteiger partial charge in [-0.25, -0.2) is 0 Å². The minimum Gasteiger partial charge on any atom is -0.279 e. The maximum atomic E-state index is 13.6. The van der Waals surface area contributed by atoms with Crippen molar-refractivity contribution in [1.29, 1.82) is 0 Å². The second kappa shape index (κ2) is 5.47. The highest BCUT2D eigenvalue weighted by Crippen LogP contribution is 2.58. The number of amides is 2. The lowest BCUT2D eigenvalue weighted by molar-refractivity contribution is -0.143. The highest BCUT2D eigenvalue weighted by molar-refractivity contribution is 6.10. The predicted molar refractivity (Wildman–Crippen MR) is 113 cm³/mol. The first kappa shape index (κ1) is 16.2. The summed E-state index contributed by atoms with van der Waals surface area (Å²) in [6.45, 7) is 0. The van der Waals surface area contributed by atoms with Gasteiger partial charge >= 0.3 is 0 Å². The molecule has 0 unspecified atom stereocenters. The van der Waals surface area contributed by atoms with Crippen LogP contribution in [0.1, 0.15) is 66.2 Å². The highest BCUT2D eigenvalue weighted by atomic mass is 16.2. The Morgan fingerprint density at radius 3 is 2.45 bits per heavy atom. The zero-order valence-corrected chi connectivity index (χ0v) is 16.3. The van der Waals surface area contributed by atoms with E-state index in [-0.39, 0.29) is 41.5 Å². The summed E-state index contributed by atoms with van der Waals surface area (Å²) in [4.78, 5) is 28.8. The van der Waals surface area contributed by atoms with E-state index in [1.54, 1.807) is 4.90 Å². The monoisotopic (exact) mass is 381 g/mol. The van der Waals surface area contributed by atoms with Crippen LogP contribution in [0.2, 0.25) is 0 Å². The number of likely N-dealkylation sites (tertiary alicyclic amines) is 1. The highest BCUT2D eigenvalue weighted by Gasteiger charge is 2.59. The molecule has 4 atom stereocenters. The van der Waals surface area contributed by atoms with Crippen LogP contribution in [0.5, 0.6) is 0 Å². The number of nitrogens with zero attached hydrogens (tertiary/aromatic N) is 1. The van der Waals surface area contributed by atoms with E-state index in [9.17, 15) is 9.59 Å². The summed E-state index contributed by atoms with van der Waals surface area (Å²) in [6, 6.07) is 8.87. The van der Waals surface area contributed by atoms with Crippen molar-refractivity contribution in [2.24, 2.45) is 11.8 Å². The van der Waals surface area contributed by atoms with Gasteiger partial charge in [0.15, 0.2) is 0 Å². The average molecular weight is 381 g/mol. The number of carbonyl (C=O) groups excluding carboxylic acids is 2. The van der Waals surface area contributed by atoms with Crippen LogP contribution >= 0.6 is 0 Å². The average Bonchev–Trinajstić information content (AvgIpc) is 3.31. The summed E-state index contributed by atoms with van der Waals surface area (Å²) in [5.74, 6) is -0.160. The van der Waals surface area contributed by atoms with E-state index in [0.717, 1.165) is 25.7 Å². The third kappa shape index (κ3) is 1.89. The van der Waals surface area contributed by atoms with Crippen LogP contribution in [0.4, 0.5) is 0 Å². The molecule has 2 aromatic carbocycles. The molecule has 1 aliphatic heterocycles. The molecule has 0 aromatic heterocycles. The SMILES string of the molecule is O=C1[C@@H]2[C@H](C(=O)N1C1CCCCC1)[C@H]1C=C[C@@H]2c2c1cc1cccc3c1c2C=C3. The van der Waals surface area contributed by atoms with Crippen LogP contribution in [-0.2, 0) is 9.59 Å². The molecule has 144 valence electrons. The summed E-state index contributed by atoms with van der Waals surface area (Å²) >= 11 is 0. The van der Waals surface area contributed by atoms with E-state index in [1.165, 1.54) is 39.4 Å². The zero-order valence-electron chi connectivity index (χ0n) is 16.3. The molecule has 1 saturated heterocycles. The first-order valence-electron chi connectivity index (χ1n) is 11.1. The van der Waals surface area contributed by atoms with Gasteiger partial charge in [-0.3, -0.25) is 14.5 Å². The summed E-state index contributed by atoms with van der Waals surface area (Å²) < 4.78 is 0. The van der Waals surface area contributed by atoms with Gasteiger partial charge in [0, 0.05) is 17.9 Å². The number of allylic oxidation sites excluding steroid dienone is 2. The number of rotatable bonds is 1. The fourth-order valence-electron chi connectivity index (χ4n) is 6.93. The van der Waals surface area contributed by atoms with E-state index in [1.807, 2.05) is 0 Å². The Labute approximate surface area is 170 Å². The minimum absolute atomic E-state index is 0.0280. The van der Waals surface area contributed by atoms with Gasteiger partial charge in [0.2, 0.25) is 11.8 Å². The van der Waals surface area contributed by atoms with E-state index < -0.39 is 0 Å². The lowest BCUT2D eigenvalue weighted by atomic mass is 9.59. The molecule has 2 fully saturated rings. The van der Waals surface area contributed by atoms with Crippen LogP contribution in [0.25, 0.3) is 22.9 Å². The second-order valence-electron chi connectivity index (χ2n) is 9.40. The maximum Gasteiger partial charge on any atom is 0.234 e. The molecular formula is C26H23NO2. The van der Waals surface area contributed by atoms with Crippen molar-refractivity contribution in [3.05, 3.63) is 58.7 Å². The van der Waals surface area contributed by atoms with Crippen LogP contribution < -0.4 is 0 Å². The van der Waals surface area contributed by atoms with Gasteiger partial charge in [0.1, 0.15) is 0 Å². The van der Waals surface area contributed by atoms with E-state index in [2.05, 4.69) is 48.6 Å². The van der Waals surface area contributed by atoms with Crippen molar-refractivity contribution in [2.45, 2.75) is 50.0 Å². The van der Waals surface area contributed by atoms with Gasteiger partial charge in [0.05, 0.1) is 11.8 Å². The van der Waals surface area contributed by atoms with Gasteiger partial charge in [-0.1, -0.05) is 67.8 Å². The third-order valence-corrected chi connectivity index (χ3v) is 8.10. The van der Waals surface area contributed by atoms with Crippen molar-refractivity contribution in [2.75, 3.05) is 0 Å². The van der Waals surface area contributed by atoms with Gasteiger partial charge in [0.25, 0.3) is 0 Å². The van der Waals surface area contributed by atoms with Crippen LogP contribution in [0.15, 0.2) is 36.4 Å². The predicted octanol–water partition coefficient (Wildman–Crippen LogP) is 5.01. The van der Waals surface area contributed by atoms with E-state index in [0.29, 0.717) is 0 Å². The van der Waals surface area contributed by atoms with Crippen molar-refractivity contribution in [3.63, 3.8) is 0 Å². The smallest absolute Gasteiger partial charge is 0.234 e. The molecule has 1 saturated carbocycles. The second-order valence-corrected chi connectivity index (χ2v) is 9.40. The molecule has 3 nitrogen and oxygen atoms in total. The first-order valence-corrected chi connectivity index (χ1v) is 11.1. The zero-order chi connectivity index (χ0) is 19.3. The molecule has 0 radical (unpaired) electrons. The standard InChI is InChI=1S/C26H23NO2/c28-25-23-17-11-12-19(24(23)26(29)27(25)16-7-2-1-3-8-16)22-18-10-9-14-5-4-6-15(21(14)18)13-20(17)22/h4-6,9-13,16-17,19,23-24H,1-3,7-8H2/t17-,19+,23+,24-/m0/s1. The molecule has 2 bridgehead atoms. The van der Waals surface area contributed by atoms with Crippen LogP contribution in [0.3, 0.4) is 0 Å². The van der Waals surface area contributed by atoms with Gasteiger partial charge in [-0.2, -0.15) is 0 Å². The molecule has 2 aromatic rings. The minimum atomic E-state index is -0.207. The Balaban J connectivity index is 1.41. The largest absolute Gasteiger partial charge is 0.279 e. The number of carbonyl (C=O) groups is 2. The van der Waals surface area contributed by atoms with Gasteiger partial charge in [-0.15, -0.1) is 0 Å². The number of imide groups is 1. The molecule has 5 aliphatic carbocycles. The molecular weight excluding hydrogens is 358 g/mol. The van der Waals surface area contributed by atoms with Crippen molar-refractivity contribution in [1.82, 2.24) is 4.90 Å². The van der Waals surface area contributed by atoms with Crippen molar-refractivity contribution in [3.8, 4) is 0 Å². The van der Waals surface area contributed by atoms with Crippen LogP contribution in [0, 0.1) is 11.8 Å². The third-order valence-electron chi connectivity index (χ3n) is 8.10. The summed E-state index contributed by atoms with van der Waals surface area (Å²) in [5.41, 5.74) is 5.12. The Kier molecular flexibility index (Phi) is 3.05. The Morgan fingerprint density at radius 1 is 0.862 bits per heavy atom. The molecule has 6 aliphatic rings. The van der Waals surface area contributed by atoms with Crippen molar-refractivity contribution >= 4 is 34.7 Å². The quantitative estimate of drug-likeness (QED) is 0.439. The topological polar surface area (TPSA) is 37.4 Å².